The zero-order chi connectivity index (χ0) is 17.6. The van der Waals surface area contributed by atoms with E-state index >= 15 is 0 Å². The first kappa shape index (κ1) is 17.8. The molecule has 24 heavy (non-hydrogen) atoms. The molecule has 0 unspecified atom stereocenters. The minimum Gasteiger partial charge on any atom is -0.380 e. The van der Waals surface area contributed by atoms with Crippen molar-refractivity contribution in [3.8, 4) is 0 Å². The van der Waals surface area contributed by atoms with Crippen LogP contribution in [-0.4, -0.2) is 19.6 Å². The molecule has 0 saturated carbocycles. The van der Waals surface area contributed by atoms with E-state index < -0.39 is 17.6 Å². The van der Waals surface area contributed by atoms with Gasteiger partial charge in [0.1, 0.15) is 0 Å². The summed E-state index contributed by atoms with van der Waals surface area (Å²) in [4.78, 5) is 12.0. The summed E-state index contributed by atoms with van der Waals surface area (Å²) in [6.07, 6.45) is -4.53. The molecule has 1 amide bonds. The van der Waals surface area contributed by atoms with Gasteiger partial charge < -0.3 is 15.4 Å². The highest BCUT2D eigenvalue weighted by Crippen LogP contribution is 2.34. The molecule has 2 rings (SSSR count). The maximum absolute atomic E-state index is 12.9. The monoisotopic (exact) mass is 338 g/mol. The fourth-order valence-corrected chi connectivity index (χ4v) is 2.18. The van der Waals surface area contributed by atoms with E-state index in [4.69, 9.17) is 4.74 Å². The largest absolute Gasteiger partial charge is 0.418 e. The second kappa shape index (κ2) is 7.83. The molecule has 2 N–H and O–H groups in total. The predicted molar refractivity (Wildman–Crippen MR) is 85.7 cm³/mol. The number of para-hydroxylation sites is 2. The van der Waals surface area contributed by atoms with Crippen molar-refractivity contribution in [1.29, 1.82) is 0 Å². The lowest BCUT2D eigenvalue weighted by atomic mass is 10.1. The third-order valence-electron chi connectivity index (χ3n) is 3.26. The van der Waals surface area contributed by atoms with Crippen LogP contribution in [0.15, 0.2) is 48.5 Å². The number of ether oxygens (including phenoxy) is 1. The number of hydrogen-bond donors (Lipinski definition) is 2. The van der Waals surface area contributed by atoms with Gasteiger partial charge in [-0.3, -0.25) is 4.79 Å². The molecule has 0 atom stereocenters. The number of rotatable bonds is 6. The van der Waals surface area contributed by atoms with Crippen molar-refractivity contribution >= 4 is 17.3 Å². The van der Waals surface area contributed by atoms with Crippen LogP contribution in [0.2, 0.25) is 0 Å². The zero-order valence-corrected chi connectivity index (χ0v) is 13.0. The van der Waals surface area contributed by atoms with E-state index in [0.29, 0.717) is 12.3 Å². The molecule has 2 aromatic carbocycles. The highest BCUT2D eigenvalue weighted by Gasteiger charge is 2.33. The molecule has 0 saturated heterocycles. The molecule has 0 bridgehead atoms. The summed E-state index contributed by atoms with van der Waals surface area (Å²) in [5.74, 6) is -0.570. The van der Waals surface area contributed by atoms with Gasteiger partial charge in [-0.05, 0) is 18.2 Å². The topological polar surface area (TPSA) is 50.4 Å². The molecule has 0 aliphatic carbocycles. The van der Waals surface area contributed by atoms with E-state index in [-0.39, 0.29) is 12.2 Å². The number of carbonyl (C=O) groups excluding carboxylic acids is 1. The van der Waals surface area contributed by atoms with Gasteiger partial charge in [-0.1, -0.05) is 30.3 Å². The smallest absolute Gasteiger partial charge is 0.380 e. The summed E-state index contributed by atoms with van der Waals surface area (Å²) in [6, 6.07) is 12.1. The third kappa shape index (κ3) is 4.73. The first-order valence-corrected chi connectivity index (χ1v) is 7.18. The Kier molecular flexibility index (Phi) is 5.81. The van der Waals surface area contributed by atoms with Crippen LogP contribution >= 0.6 is 0 Å². The van der Waals surface area contributed by atoms with E-state index in [2.05, 4.69) is 10.6 Å². The Labute approximate surface area is 137 Å². The highest BCUT2D eigenvalue weighted by atomic mass is 19.4. The van der Waals surface area contributed by atoms with Gasteiger partial charge in [0, 0.05) is 18.4 Å². The Balaban J connectivity index is 2.03. The molecule has 0 radical (unpaired) electrons. The number of anilines is 2. The fraction of sp³-hybridized carbons (Fsp3) is 0.235. The zero-order valence-electron chi connectivity index (χ0n) is 13.0. The van der Waals surface area contributed by atoms with Crippen LogP contribution in [0.1, 0.15) is 11.1 Å². The Bertz CT molecular complexity index is 702. The Morgan fingerprint density at radius 3 is 2.33 bits per heavy atom. The first-order chi connectivity index (χ1) is 11.4. The molecular weight excluding hydrogens is 321 g/mol. The second-order valence-corrected chi connectivity index (χ2v) is 5.04. The summed E-state index contributed by atoms with van der Waals surface area (Å²) in [6.45, 7) is 0.203. The lowest BCUT2D eigenvalue weighted by Crippen LogP contribution is -2.24. The maximum Gasteiger partial charge on any atom is 0.418 e. The number of amides is 1. The molecule has 128 valence electrons. The van der Waals surface area contributed by atoms with E-state index in [0.717, 1.165) is 11.6 Å². The van der Waals surface area contributed by atoms with E-state index in [1.54, 1.807) is 19.2 Å². The van der Waals surface area contributed by atoms with Crippen LogP contribution in [0.5, 0.6) is 0 Å². The molecule has 0 heterocycles. The number of methoxy groups -OCH3 is 1. The number of hydrogen-bond acceptors (Lipinski definition) is 3. The molecule has 0 aliphatic rings. The van der Waals surface area contributed by atoms with Crippen molar-refractivity contribution in [3.05, 3.63) is 59.7 Å². The molecule has 0 spiro atoms. The Morgan fingerprint density at radius 2 is 1.67 bits per heavy atom. The minimum absolute atomic E-state index is 0.160. The summed E-state index contributed by atoms with van der Waals surface area (Å²) >= 11 is 0. The van der Waals surface area contributed by atoms with Gasteiger partial charge in [0.05, 0.1) is 24.4 Å². The first-order valence-electron chi connectivity index (χ1n) is 7.18. The molecular formula is C17H17F3N2O2. The van der Waals surface area contributed by atoms with Crippen LogP contribution < -0.4 is 10.6 Å². The van der Waals surface area contributed by atoms with Gasteiger partial charge in [-0.25, -0.2) is 0 Å². The molecule has 0 fully saturated rings. The van der Waals surface area contributed by atoms with Crippen molar-refractivity contribution < 1.29 is 22.7 Å². The van der Waals surface area contributed by atoms with Crippen molar-refractivity contribution in [2.45, 2.75) is 12.8 Å². The Morgan fingerprint density at radius 1 is 1.04 bits per heavy atom. The lowest BCUT2D eigenvalue weighted by molar-refractivity contribution is -0.137. The van der Waals surface area contributed by atoms with Gasteiger partial charge in [0.2, 0.25) is 5.91 Å². The van der Waals surface area contributed by atoms with E-state index in [9.17, 15) is 18.0 Å². The molecule has 7 heteroatoms. The standard InChI is InChI=1S/C17H17F3N2O2/c1-24-11-12-6-2-4-8-14(12)21-10-16(23)22-15-9-5-3-7-13(15)17(18,19)20/h2-9,21H,10-11H2,1H3,(H,22,23). The molecule has 0 aliphatic heterocycles. The van der Waals surface area contributed by atoms with Gasteiger partial charge in [-0.15, -0.1) is 0 Å². The van der Waals surface area contributed by atoms with Crippen molar-refractivity contribution in [3.63, 3.8) is 0 Å². The summed E-state index contributed by atoms with van der Waals surface area (Å²) < 4.78 is 43.8. The fourth-order valence-electron chi connectivity index (χ4n) is 2.18. The van der Waals surface area contributed by atoms with Crippen molar-refractivity contribution in [2.75, 3.05) is 24.3 Å². The van der Waals surface area contributed by atoms with Crippen LogP contribution in [-0.2, 0) is 22.3 Å². The third-order valence-corrected chi connectivity index (χ3v) is 3.26. The second-order valence-electron chi connectivity index (χ2n) is 5.04. The van der Waals surface area contributed by atoms with Crippen molar-refractivity contribution in [1.82, 2.24) is 0 Å². The number of nitrogens with one attached hydrogen (secondary N) is 2. The number of halogens is 3. The summed E-state index contributed by atoms with van der Waals surface area (Å²) in [7, 11) is 1.55. The average Bonchev–Trinajstić information content (AvgIpc) is 2.54. The van der Waals surface area contributed by atoms with E-state index in [1.807, 2.05) is 12.1 Å². The van der Waals surface area contributed by atoms with Crippen LogP contribution in [0.4, 0.5) is 24.5 Å². The number of alkyl halides is 3. The number of carbonyl (C=O) groups is 1. The predicted octanol–water partition coefficient (Wildman–Crippen LogP) is 3.90. The van der Waals surface area contributed by atoms with Gasteiger partial charge in [0.25, 0.3) is 0 Å². The van der Waals surface area contributed by atoms with Gasteiger partial charge >= 0.3 is 6.18 Å². The maximum atomic E-state index is 12.9. The van der Waals surface area contributed by atoms with Crippen LogP contribution in [0.3, 0.4) is 0 Å². The molecule has 4 nitrogen and oxygen atoms in total. The van der Waals surface area contributed by atoms with Gasteiger partial charge in [0.15, 0.2) is 0 Å². The molecule has 0 aromatic heterocycles. The average molecular weight is 338 g/mol. The lowest BCUT2D eigenvalue weighted by Gasteiger charge is -2.15. The molecule has 2 aromatic rings. The SMILES string of the molecule is COCc1ccccc1NCC(=O)Nc1ccccc1C(F)(F)F. The minimum atomic E-state index is -4.53. The Hall–Kier alpha value is -2.54. The van der Waals surface area contributed by atoms with Crippen LogP contribution in [0, 0.1) is 0 Å². The number of benzene rings is 2. The quantitative estimate of drug-likeness (QED) is 0.840. The summed E-state index contributed by atoms with van der Waals surface area (Å²) in [5.41, 5.74) is 0.405. The van der Waals surface area contributed by atoms with Crippen LogP contribution in [0.25, 0.3) is 0 Å². The van der Waals surface area contributed by atoms with E-state index in [1.165, 1.54) is 18.2 Å². The van der Waals surface area contributed by atoms with Gasteiger partial charge in [-0.2, -0.15) is 13.2 Å². The summed E-state index contributed by atoms with van der Waals surface area (Å²) in [5, 5.41) is 5.19. The van der Waals surface area contributed by atoms with Crippen molar-refractivity contribution in [2.24, 2.45) is 0 Å². The normalized spacial score (nSPS) is 11.2. The highest BCUT2D eigenvalue weighted by molar-refractivity contribution is 5.94.